The molecule has 3 aromatic rings. The first-order valence-electron chi connectivity index (χ1n) is 12.7. The predicted octanol–water partition coefficient (Wildman–Crippen LogP) is 4.05. The topological polar surface area (TPSA) is 72.6 Å². The number of aromatic nitrogens is 3. The van der Waals surface area contributed by atoms with Crippen molar-refractivity contribution < 1.29 is 4.74 Å². The Morgan fingerprint density at radius 2 is 1.83 bits per heavy atom. The molecule has 5 rings (SSSR count). The highest BCUT2D eigenvalue weighted by atomic mass is 79.9. The van der Waals surface area contributed by atoms with Crippen molar-refractivity contribution >= 4 is 38.5 Å². The smallest absolute Gasteiger partial charge is 0.159 e. The first-order valence-corrected chi connectivity index (χ1v) is 13.5. The van der Waals surface area contributed by atoms with Gasteiger partial charge >= 0.3 is 0 Å². The third kappa shape index (κ3) is 5.80. The number of methoxy groups -OCH3 is 1. The lowest BCUT2D eigenvalue weighted by Gasteiger charge is -2.36. The molecule has 0 saturated carbocycles. The number of likely N-dealkylation sites (tertiary alicyclic amines) is 1. The molecule has 8 nitrogen and oxygen atoms in total. The SMILES string of the molecule is COCCCN1CCN(c2ccc(-c3nc4c(NC5CCN(C)CC5)c(Br)cnc4[nH]3)cc2)CC1. The molecule has 0 radical (unpaired) electrons. The van der Waals surface area contributed by atoms with Crippen LogP contribution in [0.2, 0.25) is 0 Å². The van der Waals surface area contributed by atoms with E-state index in [4.69, 9.17) is 9.72 Å². The maximum Gasteiger partial charge on any atom is 0.159 e. The van der Waals surface area contributed by atoms with Crippen LogP contribution in [-0.2, 0) is 4.74 Å². The molecule has 0 bridgehead atoms. The third-order valence-electron chi connectivity index (χ3n) is 7.24. The predicted molar refractivity (Wildman–Crippen MR) is 146 cm³/mol. The van der Waals surface area contributed by atoms with Crippen LogP contribution in [0.1, 0.15) is 19.3 Å². The molecule has 0 spiro atoms. The largest absolute Gasteiger partial charge is 0.385 e. The van der Waals surface area contributed by atoms with Crippen molar-refractivity contribution in [2.45, 2.75) is 25.3 Å². The minimum absolute atomic E-state index is 0.452. The summed E-state index contributed by atoms with van der Waals surface area (Å²) in [7, 11) is 3.96. The Hall–Kier alpha value is -2.20. The van der Waals surface area contributed by atoms with Gasteiger partial charge in [-0.1, -0.05) is 0 Å². The van der Waals surface area contributed by atoms with Gasteiger partial charge in [-0.05, 0) is 79.6 Å². The number of ether oxygens (including phenoxy) is 1. The molecule has 2 aromatic heterocycles. The summed E-state index contributed by atoms with van der Waals surface area (Å²) < 4.78 is 6.14. The van der Waals surface area contributed by atoms with Gasteiger partial charge in [-0.15, -0.1) is 0 Å². The molecular formula is C26H36BrN7O. The molecule has 0 amide bonds. The van der Waals surface area contributed by atoms with Crippen molar-refractivity contribution in [3.05, 3.63) is 34.9 Å². The van der Waals surface area contributed by atoms with Crippen LogP contribution in [0.25, 0.3) is 22.6 Å². The molecule has 9 heteroatoms. The molecule has 188 valence electrons. The van der Waals surface area contributed by atoms with Gasteiger partial charge in [-0.2, -0.15) is 0 Å². The molecule has 0 atom stereocenters. The van der Waals surface area contributed by atoms with E-state index < -0.39 is 0 Å². The van der Waals surface area contributed by atoms with E-state index in [1.54, 1.807) is 7.11 Å². The second kappa shape index (κ2) is 11.2. The molecule has 1 aromatic carbocycles. The van der Waals surface area contributed by atoms with Gasteiger partial charge in [0, 0.05) is 69.9 Å². The molecule has 0 unspecified atom stereocenters. The fourth-order valence-corrected chi connectivity index (χ4v) is 5.46. The van der Waals surface area contributed by atoms with E-state index in [0.29, 0.717) is 6.04 Å². The number of fused-ring (bicyclic) bond motifs is 1. The summed E-state index contributed by atoms with van der Waals surface area (Å²) in [6.45, 7) is 8.50. The second-order valence-corrected chi connectivity index (χ2v) is 10.6. The number of halogens is 1. The Morgan fingerprint density at radius 3 is 2.54 bits per heavy atom. The number of piperazine rings is 1. The lowest BCUT2D eigenvalue weighted by atomic mass is 10.1. The normalized spacial score (nSPS) is 18.4. The highest BCUT2D eigenvalue weighted by molar-refractivity contribution is 9.10. The number of anilines is 2. The highest BCUT2D eigenvalue weighted by Crippen LogP contribution is 2.32. The summed E-state index contributed by atoms with van der Waals surface area (Å²) in [5, 5.41) is 3.74. The Bertz CT molecular complexity index is 1100. The average Bonchev–Trinajstić information content (AvgIpc) is 3.32. The van der Waals surface area contributed by atoms with E-state index in [1.807, 2.05) is 6.20 Å². The number of nitrogens with zero attached hydrogens (tertiary/aromatic N) is 5. The average molecular weight is 543 g/mol. The van der Waals surface area contributed by atoms with Crippen molar-refractivity contribution in [2.24, 2.45) is 0 Å². The van der Waals surface area contributed by atoms with Crippen LogP contribution in [0.4, 0.5) is 11.4 Å². The van der Waals surface area contributed by atoms with Crippen molar-refractivity contribution in [1.29, 1.82) is 0 Å². The number of nitrogens with one attached hydrogen (secondary N) is 2. The Labute approximate surface area is 216 Å². The Balaban J connectivity index is 1.27. The fourth-order valence-electron chi connectivity index (χ4n) is 5.05. The van der Waals surface area contributed by atoms with Crippen LogP contribution in [0.15, 0.2) is 34.9 Å². The summed E-state index contributed by atoms with van der Waals surface area (Å²) in [4.78, 5) is 20.4. The van der Waals surface area contributed by atoms with Crippen LogP contribution < -0.4 is 10.2 Å². The monoisotopic (exact) mass is 541 g/mol. The molecule has 2 N–H and O–H groups in total. The molecule has 2 saturated heterocycles. The van der Waals surface area contributed by atoms with Crippen LogP contribution in [-0.4, -0.2) is 97.4 Å². The van der Waals surface area contributed by atoms with Gasteiger partial charge in [0.25, 0.3) is 0 Å². The number of pyridine rings is 1. The van der Waals surface area contributed by atoms with Gasteiger partial charge in [0.15, 0.2) is 5.65 Å². The molecule has 35 heavy (non-hydrogen) atoms. The van der Waals surface area contributed by atoms with E-state index in [2.05, 4.69) is 77.2 Å². The molecular weight excluding hydrogens is 506 g/mol. The summed E-state index contributed by atoms with van der Waals surface area (Å²) in [6, 6.07) is 9.20. The Morgan fingerprint density at radius 1 is 1.09 bits per heavy atom. The summed E-state index contributed by atoms with van der Waals surface area (Å²) in [5.41, 5.74) is 5.08. The zero-order valence-corrected chi connectivity index (χ0v) is 22.4. The number of aromatic amines is 1. The third-order valence-corrected chi connectivity index (χ3v) is 7.84. The summed E-state index contributed by atoms with van der Waals surface area (Å²) >= 11 is 3.69. The maximum absolute atomic E-state index is 5.18. The lowest BCUT2D eigenvalue weighted by Crippen LogP contribution is -2.46. The van der Waals surface area contributed by atoms with E-state index >= 15 is 0 Å². The minimum atomic E-state index is 0.452. The number of benzene rings is 1. The van der Waals surface area contributed by atoms with E-state index in [1.165, 1.54) is 5.69 Å². The summed E-state index contributed by atoms with van der Waals surface area (Å²) in [5.74, 6) is 0.853. The van der Waals surface area contributed by atoms with Crippen LogP contribution in [0, 0.1) is 0 Å². The van der Waals surface area contributed by atoms with Crippen LogP contribution in [0.5, 0.6) is 0 Å². The second-order valence-electron chi connectivity index (χ2n) is 9.71. The standard InChI is InChI=1S/C26H36BrN7O/c1-32-11-8-20(9-12-32)29-23-22(27)18-28-26-24(23)30-25(31-26)19-4-6-21(7-5-19)34-15-13-33(14-16-34)10-3-17-35-2/h4-7,18,20H,3,8-17H2,1-2H3,(H2,28,29,30,31). The minimum Gasteiger partial charge on any atom is -0.385 e. The van der Waals surface area contributed by atoms with E-state index in [9.17, 15) is 0 Å². The van der Waals surface area contributed by atoms with Crippen molar-refractivity contribution in [3.8, 4) is 11.4 Å². The summed E-state index contributed by atoms with van der Waals surface area (Å²) in [6.07, 6.45) is 5.22. The van der Waals surface area contributed by atoms with Crippen LogP contribution in [0.3, 0.4) is 0 Å². The molecule has 2 fully saturated rings. The highest BCUT2D eigenvalue weighted by Gasteiger charge is 2.21. The van der Waals surface area contributed by atoms with Gasteiger partial charge in [-0.25, -0.2) is 9.97 Å². The molecule has 2 aliphatic heterocycles. The lowest BCUT2D eigenvalue weighted by molar-refractivity contribution is 0.169. The Kier molecular flexibility index (Phi) is 7.87. The molecule has 0 aliphatic carbocycles. The molecule has 2 aliphatic rings. The van der Waals surface area contributed by atoms with Gasteiger partial charge in [0.2, 0.25) is 0 Å². The number of hydrogen-bond donors (Lipinski definition) is 2. The maximum atomic E-state index is 5.18. The van der Waals surface area contributed by atoms with Gasteiger partial charge < -0.3 is 24.8 Å². The molecule has 4 heterocycles. The number of imidazole rings is 1. The number of piperidine rings is 1. The first kappa shape index (κ1) is 24.5. The number of hydrogen-bond acceptors (Lipinski definition) is 7. The van der Waals surface area contributed by atoms with Crippen LogP contribution >= 0.6 is 15.9 Å². The van der Waals surface area contributed by atoms with Crippen molar-refractivity contribution in [1.82, 2.24) is 24.8 Å². The zero-order chi connectivity index (χ0) is 24.2. The first-order chi connectivity index (χ1) is 17.1. The van der Waals surface area contributed by atoms with Gasteiger partial charge in [-0.3, -0.25) is 4.90 Å². The number of H-pyrrole nitrogens is 1. The van der Waals surface area contributed by atoms with Gasteiger partial charge in [0.1, 0.15) is 11.3 Å². The zero-order valence-electron chi connectivity index (χ0n) is 20.8. The quantitative estimate of drug-likeness (QED) is 0.416. The van der Waals surface area contributed by atoms with Crippen molar-refractivity contribution in [3.63, 3.8) is 0 Å². The van der Waals surface area contributed by atoms with E-state index in [0.717, 1.165) is 104 Å². The van der Waals surface area contributed by atoms with Gasteiger partial charge in [0.05, 0.1) is 10.2 Å². The number of rotatable bonds is 8. The van der Waals surface area contributed by atoms with Crippen molar-refractivity contribution in [2.75, 3.05) is 76.8 Å². The fraction of sp³-hybridized carbons (Fsp3) is 0.538. The van der Waals surface area contributed by atoms with E-state index in [-0.39, 0.29) is 0 Å².